The predicted molar refractivity (Wildman–Crippen MR) is 71.0 cm³/mol. The fraction of sp³-hybridized carbons (Fsp3) is 0.143. The number of ether oxygens (including phenoxy) is 1. The first kappa shape index (κ1) is 12.9. The van der Waals surface area contributed by atoms with Gasteiger partial charge in [-0.05, 0) is 24.3 Å². The van der Waals surface area contributed by atoms with E-state index in [9.17, 15) is 4.79 Å². The third kappa shape index (κ3) is 2.82. The van der Waals surface area contributed by atoms with Crippen LogP contribution < -0.4 is 10.1 Å². The van der Waals surface area contributed by atoms with Crippen molar-refractivity contribution in [2.45, 2.75) is 0 Å². The van der Waals surface area contributed by atoms with Crippen molar-refractivity contribution in [3.63, 3.8) is 0 Å². The van der Waals surface area contributed by atoms with Crippen LogP contribution in [0.3, 0.4) is 0 Å². The van der Waals surface area contributed by atoms with Crippen LogP contribution >= 0.6 is 0 Å². The summed E-state index contributed by atoms with van der Waals surface area (Å²) in [6.07, 6.45) is 3.01. The van der Waals surface area contributed by atoms with E-state index in [-0.39, 0.29) is 5.91 Å². The number of aromatic nitrogens is 1. The Morgan fingerprint density at radius 1 is 1.47 bits per heavy atom. The number of nitrogens with one attached hydrogen (secondary N) is 1. The van der Waals surface area contributed by atoms with Crippen LogP contribution in [0.2, 0.25) is 0 Å². The first-order chi connectivity index (χ1) is 9.26. The molecule has 0 aliphatic heterocycles. The van der Waals surface area contributed by atoms with Crippen molar-refractivity contribution in [3.8, 4) is 17.1 Å². The Morgan fingerprint density at radius 2 is 2.21 bits per heavy atom. The van der Waals surface area contributed by atoms with E-state index in [1.54, 1.807) is 25.3 Å². The molecule has 1 N–H and O–H groups in total. The smallest absolute Gasteiger partial charge is 0.257 e. The molecule has 1 aromatic carbocycles. The lowest BCUT2D eigenvalue weighted by atomic mass is 10.1. The van der Waals surface area contributed by atoms with Crippen LogP contribution in [0.25, 0.3) is 11.3 Å². The van der Waals surface area contributed by atoms with Crippen LogP contribution in [0.1, 0.15) is 10.4 Å². The molecule has 0 aliphatic carbocycles. The largest absolute Gasteiger partial charge is 0.497 e. The Balaban J connectivity index is 2.27. The lowest BCUT2D eigenvalue weighted by molar-refractivity contribution is 0.0958. The second-order valence-electron chi connectivity index (χ2n) is 3.80. The lowest BCUT2D eigenvalue weighted by Gasteiger charge is -2.03. The molecule has 0 bridgehead atoms. The molecule has 1 amide bonds. The molecule has 98 valence electrons. The molecule has 1 heterocycles. The highest BCUT2D eigenvalue weighted by Crippen LogP contribution is 2.25. The maximum Gasteiger partial charge on any atom is 0.257 e. The molecule has 5 heteroatoms. The molecule has 0 aliphatic rings. The maximum atomic E-state index is 11.9. The molecule has 0 unspecified atom stereocenters. The van der Waals surface area contributed by atoms with E-state index in [4.69, 9.17) is 9.26 Å². The molecule has 0 fully saturated rings. The Kier molecular flexibility index (Phi) is 3.97. The summed E-state index contributed by atoms with van der Waals surface area (Å²) in [4.78, 5) is 11.9. The highest BCUT2D eigenvalue weighted by molar-refractivity contribution is 5.99. The minimum Gasteiger partial charge on any atom is -0.497 e. The monoisotopic (exact) mass is 258 g/mol. The summed E-state index contributed by atoms with van der Waals surface area (Å²) in [6, 6.07) is 7.21. The molecule has 1 aromatic heterocycles. The van der Waals surface area contributed by atoms with Crippen molar-refractivity contribution in [2.75, 3.05) is 13.7 Å². The van der Waals surface area contributed by atoms with Crippen molar-refractivity contribution in [2.24, 2.45) is 0 Å². The van der Waals surface area contributed by atoms with E-state index in [1.807, 2.05) is 12.1 Å². The summed E-state index contributed by atoms with van der Waals surface area (Å²) in [5, 5.41) is 6.36. The normalized spacial score (nSPS) is 9.95. The van der Waals surface area contributed by atoms with Gasteiger partial charge in [0.2, 0.25) is 0 Å². The van der Waals surface area contributed by atoms with Crippen LogP contribution in [-0.4, -0.2) is 24.7 Å². The molecule has 0 spiro atoms. The van der Waals surface area contributed by atoms with Gasteiger partial charge in [-0.15, -0.1) is 6.58 Å². The molecule has 2 aromatic rings. The van der Waals surface area contributed by atoms with Crippen LogP contribution in [0, 0.1) is 0 Å². The number of amides is 1. The van der Waals surface area contributed by atoms with E-state index in [0.29, 0.717) is 17.9 Å². The predicted octanol–water partition coefficient (Wildman–Crippen LogP) is 2.27. The van der Waals surface area contributed by atoms with E-state index >= 15 is 0 Å². The van der Waals surface area contributed by atoms with Gasteiger partial charge < -0.3 is 14.6 Å². The van der Waals surface area contributed by atoms with Gasteiger partial charge in [0.1, 0.15) is 11.3 Å². The van der Waals surface area contributed by atoms with Gasteiger partial charge in [-0.25, -0.2) is 0 Å². The van der Waals surface area contributed by atoms with Gasteiger partial charge >= 0.3 is 0 Å². The summed E-state index contributed by atoms with van der Waals surface area (Å²) in [5.41, 5.74) is 1.16. The molecule has 5 nitrogen and oxygen atoms in total. The minimum atomic E-state index is -0.244. The van der Waals surface area contributed by atoms with E-state index in [0.717, 1.165) is 11.3 Å². The summed E-state index contributed by atoms with van der Waals surface area (Å²) < 4.78 is 10.2. The third-order valence-electron chi connectivity index (χ3n) is 2.57. The van der Waals surface area contributed by atoms with Crippen molar-refractivity contribution in [1.29, 1.82) is 0 Å². The van der Waals surface area contributed by atoms with Gasteiger partial charge in [-0.3, -0.25) is 4.79 Å². The summed E-state index contributed by atoms with van der Waals surface area (Å²) in [5.74, 6) is 0.928. The summed E-state index contributed by atoms with van der Waals surface area (Å²) in [6.45, 7) is 3.94. The SMILES string of the molecule is C=CCNC(=O)c1cnoc1-c1ccc(OC)cc1. The average Bonchev–Trinajstić information content (AvgIpc) is 2.94. The van der Waals surface area contributed by atoms with Crippen LogP contribution in [0.15, 0.2) is 47.6 Å². The zero-order valence-corrected chi connectivity index (χ0v) is 10.6. The van der Waals surface area contributed by atoms with Gasteiger partial charge in [0.25, 0.3) is 5.91 Å². The van der Waals surface area contributed by atoms with Crippen LogP contribution in [0.5, 0.6) is 5.75 Å². The van der Waals surface area contributed by atoms with Gasteiger partial charge in [0, 0.05) is 12.1 Å². The Bertz CT molecular complexity index is 573. The average molecular weight is 258 g/mol. The maximum absolute atomic E-state index is 11.9. The van der Waals surface area contributed by atoms with E-state index in [1.165, 1.54) is 6.20 Å². The number of rotatable bonds is 5. The second-order valence-corrected chi connectivity index (χ2v) is 3.80. The zero-order valence-electron chi connectivity index (χ0n) is 10.6. The molecule has 2 rings (SSSR count). The summed E-state index contributed by atoms with van der Waals surface area (Å²) in [7, 11) is 1.59. The topological polar surface area (TPSA) is 64.4 Å². The molecule has 0 radical (unpaired) electrons. The summed E-state index contributed by atoms with van der Waals surface area (Å²) >= 11 is 0. The highest BCUT2D eigenvalue weighted by atomic mass is 16.5. The number of methoxy groups -OCH3 is 1. The Labute approximate surface area is 110 Å². The van der Waals surface area contributed by atoms with E-state index in [2.05, 4.69) is 17.1 Å². The lowest BCUT2D eigenvalue weighted by Crippen LogP contribution is -2.23. The fourth-order valence-electron chi connectivity index (χ4n) is 1.61. The van der Waals surface area contributed by atoms with Gasteiger partial charge in [0.15, 0.2) is 5.76 Å². The molecule has 0 saturated carbocycles. The zero-order chi connectivity index (χ0) is 13.7. The third-order valence-corrected chi connectivity index (χ3v) is 2.57. The van der Waals surface area contributed by atoms with Gasteiger partial charge in [-0.1, -0.05) is 11.2 Å². The standard InChI is InChI=1S/C14H14N2O3/c1-3-8-15-14(17)12-9-16-19-13(12)10-4-6-11(18-2)7-5-10/h3-7,9H,1,8H2,2H3,(H,15,17). The van der Waals surface area contributed by atoms with Crippen molar-refractivity contribution < 1.29 is 14.1 Å². The number of nitrogens with zero attached hydrogens (tertiary/aromatic N) is 1. The van der Waals surface area contributed by atoms with Crippen molar-refractivity contribution in [3.05, 3.63) is 48.7 Å². The number of carbonyl (C=O) groups excluding carboxylic acids is 1. The van der Waals surface area contributed by atoms with E-state index < -0.39 is 0 Å². The molecular formula is C14H14N2O3. The fourth-order valence-corrected chi connectivity index (χ4v) is 1.61. The number of hydrogen-bond acceptors (Lipinski definition) is 4. The second kappa shape index (κ2) is 5.86. The Hall–Kier alpha value is -2.56. The Morgan fingerprint density at radius 3 is 2.84 bits per heavy atom. The molecular weight excluding hydrogens is 244 g/mol. The first-order valence-corrected chi connectivity index (χ1v) is 5.74. The number of benzene rings is 1. The highest BCUT2D eigenvalue weighted by Gasteiger charge is 2.17. The molecule has 19 heavy (non-hydrogen) atoms. The van der Waals surface area contributed by atoms with Gasteiger partial charge in [-0.2, -0.15) is 0 Å². The van der Waals surface area contributed by atoms with Crippen molar-refractivity contribution >= 4 is 5.91 Å². The quantitative estimate of drug-likeness (QED) is 0.835. The number of hydrogen-bond donors (Lipinski definition) is 1. The number of carbonyl (C=O) groups is 1. The van der Waals surface area contributed by atoms with Crippen LogP contribution in [0.4, 0.5) is 0 Å². The molecule has 0 atom stereocenters. The first-order valence-electron chi connectivity index (χ1n) is 5.74. The van der Waals surface area contributed by atoms with Crippen LogP contribution in [-0.2, 0) is 0 Å². The molecule has 0 saturated heterocycles. The minimum absolute atomic E-state index is 0.244. The van der Waals surface area contributed by atoms with Crippen molar-refractivity contribution in [1.82, 2.24) is 10.5 Å². The van der Waals surface area contributed by atoms with Gasteiger partial charge in [0.05, 0.1) is 13.3 Å².